The van der Waals surface area contributed by atoms with E-state index in [-0.39, 0.29) is 18.3 Å². The largest absolute Gasteiger partial charge is 0.497 e. The van der Waals surface area contributed by atoms with Gasteiger partial charge in [-0.3, -0.25) is 9.69 Å². The molecule has 3 aromatic rings. The molecule has 0 saturated carbocycles. The van der Waals surface area contributed by atoms with Crippen LogP contribution in [0.15, 0.2) is 36.4 Å². The van der Waals surface area contributed by atoms with E-state index in [1.54, 1.807) is 30.2 Å². The molecule has 0 saturated heterocycles. The number of aromatic nitrogens is 1. The molecule has 1 amide bonds. The van der Waals surface area contributed by atoms with Gasteiger partial charge in [0.15, 0.2) is 5.13 Å². The van der Waals surface area contributed by atoms with E-state index in [4.69, 9.17) is 27.9 Å². The molecule has 0 atom stereocenters. The highest BCUT2D eigenvalue weighted by molar-refractivity contribution is 7.22. The number of halogens is 3. The van der Waals surface area contributed by atoms with Crippen LogP contribution in [0.5, 0.6) is 5.75 Å². The van der Waals surface area contributed by atoms with Crippen LogP contribution in [0.4, 0.5) is 5.13 Å². The summed E-state index contributed by atoms with van der Waals surface area (Å²) < 4.78 is 6.25. The van der Waals surface area contributed by atoms with Gasteiger partial charge in [-0.2, -0.15) is 0 Å². The normalized spacial score (nSPS) is 10.8. The molecule has 0 spiro atoms. The first-order valence-electron chi connectivity index (χ1n) is 8.74. The van der Waals surface area contributed by atoms with Gasteiger partial charge in [-0.25, -0.2) is 4.98 Å². The van der Waals surface area contributed by atoms with Crippen LogP contribution in [-0.2, 0) is 0 Å². The predicted molar refractivity (Wildman–Crippen MR) is 125 cm³/mol. The maximum atomic E-state index is 13.3. The molecule has 156 valence electrons. The number of nitrogens with zero attached hydrogens (tertiary/aromatic N) is 3. The highest BCUT2D eigenvalue weighted by Crippen LogP contribution is 2.32. The number of anilines is 1. The Kier molecular flexibility index (Phi) is 8.55. The molecule has 0 aliphatic heterocycles. The summed E-state index contributed by atoms with van der Waals surface area (Å²) in [4.78, 5) is 21.7. The lowest BCUT2D eigenvalue weighted by molar-refractivity contribution is 0.0986. The fourth-order valence-electron chi connectivity index (χ4n) is 2.80. The number of methoxy groups -OCH3 is 1. The molecule has 1 aromatic heterocycles. The second-order valence-electron chi connectivity index (χ2n) is 6.60. The molecular formula is C20H22Cl3N3O2S. The third-order valence-electron chi connectivity index (χ3n) is 4.16. The van der Waals surface area contributed by atoms with Crippen molar-refractivity contribution in [3.05, 3.63) is 52.0 Å². The van der Waals surface area contributed by atoms with E-state index in [0.29, 0.717) is 27.3 Å². The molecule has 9 heteroatoms. The van der Waals surface area contributed by atoms with Crippen molar-refractivity contribution >= 4 is 68.2 Å². The Morgan fingerprint density at radius 1 is 1.10 bits per heavy atom. The summed E-state index contributed by atoms with van der Waals surface area (Å²) in [6.07, 6.45) is 0.812. The highest BCUT2D eigenvalue weighted by Gasteiger charge is 2.22. The number of fused-ring (bicyclic) bond motifs is 1. The second-order valence-corrected chi connectivity index (χ2v) is 8.48. The first-order chi connectivity index (χ1) is 13.4. The number of carbonyl (C=O) groups is 1. The number of benzene rings is 2. The van der Waals surface area contributed by atoms with Gasteiger partial charge in [-0.1, -0.05) is 34.5 Å². The van der Waals surface area contributed by atoms with Crippen LogP contribution in [0.1, 0.15) is 16.8 Å². The van der Waals surface area contributed by atoms with Crippen molar-refractivity contribution in [3.8, 4) is 5.75 Å². The van der Waals surface area contributed by atoms with E-state index in [2.05, 4.69) is 9.88 Å². The summed E-state index contributed by atoms with van der Waals surface area (Å²) >= 11 is 13.7. The maximum Gasteiger partial charge on any atom is 0.260 e. The Balaban J connectivity index is 0.00000300. The Morgan fingerprint density at radius 2 is 1.79 bits per heavy atom. The number of rotatable bonds is 7. The Bertz CT molecular complexity index is 974. The summed E-state index contributed by atoms with van der Waals surface area (Å²) in [6, 6.07) is 10.6. The lowest BCUT2D eigenvalue weighted by Crippen LogP contribution is -2.33. The third kappa shape index (κ3) is 5.96. The molecule has 0 N–H and O–H groups in total. The van der Waals surface area contributed by atoms with Gasteiger partial charge >= 0.3 is 0 Å². The number of hydrogen-bond donors (Lipinski definition) is 0. The second kappa shape index (κ2) is 10.5. The monoisotopic (exact) mass is 473 g/mol. The van der Waals surface area contributed by atoms with Crippen molar-refractivity contribution in [2.24, 2.45) is 0 Å². The molecule has 29 heavy (non-hydrogen) atoms. The molecule has 1 heterocycles. The van der Waals surface area contributed by atoms with Gasteiger partial charge in [-0.15, -0.1) is 12.4 Å². The van der Waals surface area contributed by atoms with Crippen LogP contribution < -0.4 is 9.64 Å². The Morgan fingerprint density at radius 3 is 2.41 bits per heavy atom. The van der Waals surface area contributed by atoms with E-state index in [9.17, 15) is 4.79 Å². The topological polar surface area (TPSA) is 45.7 Å². The lowest BCUT2D eigenvalue weighted by atomic mass is 10.2. The quantitative estimate of drug-likeness (QED) is 0.445. The fraction of sp³-hybridized carbons (Fsp3) is 0.300. The molecular weight excluding hydrogens is 453 g/mol. The predicted octanol–water partition coefficient (Wildman–Crippen LogP) is 5.63. The summed E-state index contributed by atoms with van der Waals surface area (Å²) in [7, 11) is 5.64. The zero-order valence-electron chi connectivity index (χ0n) is 16.3. The van der Waals surface area contributed by atoms with Gasteiger partial charge in [0.25, 0.3) is 5.91 Å². The Labute approximate surface area is 190 Å². The highest BCUT2D eigenvalue weighted by atomic mass is 35.5. The molecule has 2 aromatic carbocycles. The molecule has 0 aliphatic rings. The molecule has 0 aliphatic carbocycles. The van der Waals surface area contributed by atoms with Crippen molar-refractivity contribution in [1.82, 2.24) is 9.88 Å². The van der Waals surface area contributed by atoms with Crippen molar-refractivity contribution < 1.29 is 9.53 Å². The van der Waals surface area contributed by atoms with Crippen molar-refractivity contribution in [2.45, 2.75) is 6.42 Å². The van der Waals surface area contributed by atoms with Crippen LogP contribution in [0, 0.1) is 0 Å². The number of hydrogen-bond acceptors (Lipinski definition) is 5. The molecule has 0 fully saturated rings. The van der Waals surface area contributed by atoms with E-state index in [0.717, 1.165) is 28.9 Å². The van der Waals surface area contributed by atoms with Gasteiger partial charge in [-0.05, 0) is 63.5 Å². The van der Waals surface area contributed by atoms with Crippen LogP contribution in [0.2, 0.25) is 10.0 Å². The number of carbonyl (C=O) groups excluding carboxylic acids is 1. The lowest BCUT2D eigenvalue weighted by Gasteiger charge is -2.21. The van der Waals surface area contributed by atoms with Gasteiger partial charge in [0, 0.05) is 22.2 Å². The van der Waals surface area contributed by atoms with Gasteiger partial charge in [0.1, 0.15) is 5.75 Å². The minimum absolute atomic E-state index is 0. The minimum atomic E-state index is -0.172. The van der Waals surface area contributed by atoms with Crippen LogP contribution >= 0.6 is 46.9 Å². The van der Waals surface area contributed by atoms with E-state index >= 15 is 0 Å². The zero-order valence-corrected chi connectivity index (χ0v) is 19.5. The Hall–Kier alpha value is -1.57. The molecule has 0 unspecified atom stereocenters. The molecule has 3 rings (SSSR count). The van der Waals surface area contributed by atoms with Gasteiger partial charge < -0.3 is 9.64 Å². The number of thiazole rings is 1. The maximum absolute atomic E-state index is 13.3. The van der Waals surface area contributed by atoms with E-state index in [1.807, 2.05) is 32.3 Å². The molecule has 0 radical (unpaired) electrons. The molecule has 5 nitrogen and oxygen atoms in total. The average Bonchev–Trinajstić information content (AvgIpc) is 3.06. The smallest absolute Gasteiger partial charge is 0.260 e. The SMILES string of the molecule is COc1ccc2nc(N(CCCN(C)C)C(=O)c3cc(Cl)cc(Cl)c3)sc2c1.Cl. The first-order valence-corrected chi connectivity index (χ1v) is 10.3. The summed E-state index contributed by atoms with van der Waals surface area (Å²) in [5, 5.41) is 1.50. The minimum Gasteiger partial charge on any atom is -0.497 e. The van der Waals surface area contributed by atoms with Crippen molar-refractivity contribution in [2.75, 3.05) is 39.2 Å². The first kappa shape index (κ1) is 23.7. The van der Waals surface area contributed by atoms with Crippen LogP contribution in [0.25, 0.3) is 10.2 Å². The summed E-state index contributed by atoms with van der Waals surface area (Å²) in [5.74, 6) is 0.587. The van der Waals surface area contributed by atoms with Gasteiger partial charge in [0.05, 0.1) is 17.3 Å². The standard InChI is InChI=1S/C20H21Cl2N3O2S.ClH/c1-24(2)7-4-8-25(19(26)13-9-14(21)11-15(22)10-13)20-23-17-6-5-16(27-3)12-18(17)28-20;/h5-6,9-12H,4,7-8H2,1-3H3;1H. The molecule has 0 bridgehead atoms. The number of amides is 1. The summed E-state index contributed by atoms with van der Waals surface area (Å²) in [5.41, 5.74) is 1.27. The van der Waals surface area contributed by atoms with Crippen molar-refractivity contribution in [1.29, 1.82) is 0 Å². The average molecular weight is 475 g/mol. The van der Waals surface area contributed by atoms with Crippen LogP contribution in [0.3, 0.4) is 0 Å². The van der Waals surface area contributed by atoms with E-state index in [1.165, 1.54) is 11.3 Å². The zero-order chi connectivity index (χ0) is 20.3. The third-order valence-corrected chi connectivity index (χ3v) is 5.63. The number of ether oxygens (including phenoxy) is 1. The van der Waals surface area contributed by atoms with E-state index < -0.39 is 0 Å². The van der Waals surface area contributed by atoms with Gasteiger partial charge in [0.2, 0.25) is 0 Å². The summed E-state index contributed by atoms with van der Waals surface area (Å²) in [6.45, 7) is 1.40. The van der Waals surface area contributed by atoms with Crippen molar-refractivity contribution in [3.63, 3.8) is 0 Å². The fourth-order valence-corrected chi connectivity index (χ4v) is 4.34. The van der Waals surface area contributed by atoms with Crippen LogP contribution in [-0.4, -0.2) is 50.1 Å².